The number of aromatic nitrogens is 4. The zero-order valence-electron chi connectivity index (χ0n) is 18.6. The van der Waals surface area contributed by atoms with Crippen LogP contribution in [0.3, 0.4) is 0 Å². The minimum Gasteiger partial charge on any atom is -0.497 e. The van der Waals surface area contributed by atoms with Gasteiger partial charge in [-0.1, -0.05) is 12.1 Å². The third-order valence-corrected chi connectivity index (χ3v) is 6.31. The van der Waals surface area contributed by atoms with Crippen molar-refractivity contribution < 1.29 is 30.4 Å². The normalized spacial score (nSPS) is 11.4. The molecule has 190 valence electrons. The lowest BCUT2D eigenvalue weighted by Gasteiger charge is -2.07. The van der Waals surface area contributed by atoms with E-state index in [1.807, 2.05) is 0 Å². The Morgan fingerprint density at radius 3 is 1.71 bits per heavy atom. The van der Waals surface area contributed by atoms with Gasteiger partial charge in [0.15, 0.2) is 11.6 Å². The summed E-state index contributed by atoms with van der Waals surface area (Å²) in [6.45, 7) is 0.191. The highest BCUT2D eigenvalue weighted by atomic mass is 32.2. The third kappa shape index (κ3) is 11.7. The number of aryl methyl sites for hydroxylation is 2. The van der Waals surface area contributed by atoms with Gasteiger partial charge in [-0.15, -0.1) is 0 Å². The highest BCUT2D eigenvalue weighted by Crippen LogP contribution is 2.11. The van der Waals surface area contributed by atoms with Crippen LogP contribution in [0.4, 0.5) is 8.78 Å². The number of primary sulfonamides is 1. The average molecular weight is 531 g/mol. The molecule has 0 bridgehead atoms. The van der Waals surface area contributed by atoms with Gasteiger partial charge in [0.05, 0.1) is 43.4 Å². The predicted molar refractivity (Wildman–Crippen MR) is 123 cm³/mol. The molecule has 0 spiro atoms. The SMILES string of the molecule is COc1ccc(CNS(=O)(=O)CCc2ncc(F)cn2)cc1.NS(=O)(=O)CCc1ncc(F)cn1. The molecule has 0 atom stereocenters. The van der Waals surface area contributed by atoms with Gasteiger partial charge in [0.2, 0.25) is 20.0 Å². The number of halogens is 2. The lowest BCUT2D eigenvalue weighted by Crippen LogP contribution is -2.27. The van der Waals surface area contributed by atoms with Gasteiger partial charge in [-0.3, -0.25) is 0 Å². The second kappa shape index (κ2) is 13.1. The van der Waals surface area contributed by atoms with Crippen LogP contribution in [0.5, 0.6) is 5.75 Å². The summed E-state index contributed by atoms with van der Waals surface area (Å²) in [5.74, 6) is -0.247. The van der Waals surface area contributed by atoms with Crippen molar-refractivity contribution in [3.05, 3.63) is 77.9 Å². The van der Waals surface area contributed by atoms with Crippen LogP contribution >= 0.6 is 0 Å². The monoisotopic (exact) mass is 530 g/mol. The van der Waals surface area contributed by atoms with E-state index in [-0.39, 0.29) is 42.5 Å². The first kappa shape index (κ1) is 28.1. The minimum absolute atomic E-state index is 0.0963. The molecule has 35 heavy (non-hydrogen) atoms. The van der Waals surface area contributed by atoms with E-state index in [1.54, 1.807) is 31.4 Å². The topological polar surface area (TPSA) is 167 Å². The van der Waals surface area contributed by atoms with E-state index in [0.29, 0.717) is 5.75 Å². The molecule has 3 rings (SSSR count). The standard InChI is InChI=1S/C14H16FN3O3S.C6H8FN3O2S/c1-21-13-4-2-11(3-5-13)8-18-22(19,20)7-6-14-16-9-12(15)10-17-14;7-5-3-9-6(10-4-5)1-2-13(8,11)12/h2-5,9-10,18H,6-8H2,1H3;3-4H,1-2H2,(H2,8,11,12). The van der Waals surface area contributed by atoms with Crippen molar-refractivity contribution in [3.8, 4) is 5.75 Å². The molecule has 0 aliphatic rings. The van der Waals surface area contributed by atoms with Gasteiger partial charge in [-0.2, -0.15) is 0 Å². The predicted octanol–water partition coefficient (Wildman–Crippen LogP) is 0.733. The van der Waals surface area contributed by atoms with Crippen molar-refractivity contribution in [2.24, 2.45) is 5.14 Å². The van der Waals surface area contributed by atoms with E-state index in [4.69, 9.17) is 9.88 Å². The molecule has 0 aliphatic carbocycles. The summed E-state index contributed by atoms with van der Waals surface area (Å²) in [4.78, 5) is 14.6. The first-order chi connectivity index (χ1) is 16.5. The molecular formula is C20H24F2N6O5S2. The van der Waals surface area contributed by atoms with Crippen LogP contribution in [0.1, 0.15) is 17.2 Å². The van der Waals surface area contributed by atoms with Crippen LogP contribution < -0.4 is 14.6 Å². The molecule has 2 aromatic heterocycles. The molecule has 15 heteroatoms. The number of methoxy groups -OCH3 is 1. The van der Waals surface area contributed by atoms with Crippen molar-refractivity contribution in [2.75, 3.05) is 18.6 Å². The van der Waals surface area contributed by atoms with E-state index >= 15 is 0 Å². The first-order valence-electron chi connectivity index (χ1n) is 9.99. The fraction of sp³-hybridized carbons (Fsp3) is 0.300. The number of nitrogens with one attached hydrogen (secondary N) is 1. The van der Waals surface area contributed by atoms with Gasteiger partial charge in [-0.25, -0.2) is 55.4 Å². The molecule has 0 amide bonds. The van der Waals surface area contributed by atoms with Crippen molar-refractivity contribution in [3.63, 3.8) is 0 Å². The Morgan fingerprint density at radius 1 is 0.829 bits per heavy atom. The van der Waals surface area contributed by atoms with Crippen molar-refractivity contribution in [2.45, 2.75) is 19.4 Å². The fourth-order valence-corrected chi connectivity index (χ4v) is 3.85. The molecule has 2 heterocycles. The number of rotatable bonds is 10. The second-order valence-electron chi connectivity index (χ2n) is 6.99. The molecule has 11 nitrogen and oxygen atoms in total. The molecule has 0 unspecified atom stereocenters. The number of sulfonamides is 2. The van der Waals surface area contributed by atoms with Gasteiger partial charge in [0.25, 0.3) is 0 Å². The summed E-state index contributed by atoms with van der Waals surface area (Å²) in [6, 6.07) is 7.08. The van der Waals surface area contributed by atoms with Crippen molar-refractivity contribution in [1.29, 1.82) is 0 Å². The number of ether oxygens (including phenoxy) is 1. The van der Waals surface area contributed by atoms with E-state index in [2.05, 4.69) is 24.7 Å². The molecule has 1 aromatic carbocycles. The molecular weight excluding hydrogens is 506 g/mol. The molecule has 0 radical (unpaired) electrons. The second-order valence-corrected chi connectivity index (χ2v) is 10.7. The first-order valence-corrected chi connectivity index (χ1v) is 13.4. The molecule has 0 fully saturated rings. The maximum atomic E-state index is 12.7. The van der Waals surface area contributed by atoms with Crippen LogP contribution in [0.2, 0.25) is 0 Å². The van der Waals surface area contributed by atoms with E-state index in [0.717, 1.165) is 30.4 Å². The Bertz CT molecular complexity index is 1280. The Kier molecular flexibility index (Phi) is 10.5. The van der Waals surface area contributed by atoms with Crippen LogP contribution in [0.25, 0.3) is 0 Å². The summed E-state index contributed by atoms with van der Waals surface area (Å²) >= 11 is 0. The summed E-state index contributed by atoms with van der Waals surface area (Å²) in [6.07, 6.45) is 4.20. The Labute approximate surface area is 201 Å². The van der Waals surface area contributed by atoms with Gasteiger partial charge < -0.3 is 4.74 Å². The zero-order chi connectivity index (χ0) is 25.9. The number of nitrogens with zero attached hydrogens (tertiary/aromatic N) is 4. The van der Waals surface area contributed by atoms with Crippen molar-refractivity contribution in [1.82, 2.24) is 24.7 Å². The van der Waals surface area contributed by atoms with Gasteiger partial charge in [0, 0.05) is 19.4 Å². The van der Waals surface area contributed by atoms with E-state index < -0.39 is 31.7 Å². The Hall–Kier alpha value is -3.14. The lowest BCUT2D eigenvalue weighted by molar-refractivity contribution is 0.414. The van der Waals surface area contributed by atoms with E-state index in [1.165, 1.54) is 0 Å². The van der Waals surface area contributed by atoms with Crippen LogP contribution in [-0.2, 0) is 39.4 Å². The maximum Gasteiger partial charge on any atom is 0.212 e. The third-order valence-electron chi connectivity index (χ3n) is 4.21. The molecule has 0 saturated carbocycles. The lowest BCUT2D eigenvalue weighted by atomic mass is 10.2. The zero-order valence-corrected chi connectivity index (χ0v) is 20.3. The number of benzene rings is 1. The average Bonchev–Trinajstić information content (AvgIpc) is 2.82. The van der Waals surface area contributed by atoms with Gasteiger partial charge >= 0.3 is 0 Å². The maximum absolute atomic E-state index is 12.7. The molecule has 3 aromatic rings. The molecule has 0 saturated heterocycles. The Morgan fingerprint density at radius 2 is 1.29 bits per heavy atom. The number of hydrogen-bond donors (Lipinski definition) is 2. The largest absolute Gasteiger partial charge is 0.497 e. The summed E-state index contributed by atoms with van der Waals surface area (Å²) < 4.78 is 77.3. The van der Waals surface area contributed by atoms with Crippen LogP contribution in [0, 0.1) is 11.6 Å². The van der Waals surface area contributed by atoms with E-state index in [9.17, 15) is 25.6 Å². The van der Waals surface area contributed by atoms with Crippen molar-refractivity contribution >= 4 is 20.0 Å². The number of nitrogens with two attached hydrogens (primary N) is 1. The molecule has 0 aliphatic heterocycles. The smallest absolute Gasteiger partial charge is 0.212 e. The highest BCUT2D eigenvalue weighted by Gasteiger charge is 2.11. The quantitative estimate of drug-likeness (QED) is 0.384. The number of hydrogen-bond acceptors (Lipinski definition) is 9. The summed E-state index contributed by atoms with van der Waals surface area (Å²) in [7, 11) is -5.40. The van der Waals surface area contributed by atoms with Gasteiger partial charge in [-0.05, 0) is 17.7 Å². The van der Waals surface area contributed by atoms with Crippen LogP contribution in [-0.4, -0.2) is 55.4 Å². The van der Waals surface area contributed by atoms with Crippen LogP contribution in [0.15, 0.2) is 49.1 Å². The fourth-order valence-electron chi connectivity index (χ4n) is 2.40. The highest BCUT2D eigenvalue weighted by molar-refractivity contribution is 7.89. The molecule has 3 N–H and O–H groups in total. The Balaban J connectivity index is 0.000000283. The summed E-state index contributed by atoms with van der Waals surface area (Å²) in [5.41, 5.74) is 0.822. The minimum atomic E-state index is -3.51. The summed E-state index contributed by atoms with van der Waals surface area (Å²) in [5, 5.41) is 4.76. The van der Waals surface area contributed by atoms with Gasteiger partial charge in [0.1, 0.15) is 17.4 Å².